The number of carbonyl (C=O) groups is 1. The van der Waals surface area contributed by atoms with Crippen molar-refractivity contribution in [2.45, 2.75) is 31.7 Å². The van der Waals surface area contributed by atoms with E-state index in [4.69, 9.17) is 0 Å². The zero-order valence-corrected chi connectivity index (χ0v) is 8.25. The summed E-state index contributed by atoms with van der Waals surface area (Å²) in [6, 6.07) is 0.466. The Kier molecular flexibility index (Phi) is 2.54. The maximum absolute atomic E-state index is 11.9. The monoisotopic (exact) mass is 182 g/mol. The Bertz CT molecular complexity index is 195. The van der Waals surface area contributed by atoms with E-state index in [1.54, 1.807) is 0 Å². The van der Waals surface area contributed by atoms with Gasteiger partial charge in [0, 0.05) is 26.1 Å². The minimum Gasteiger partial charge on any atom is -0.340 e. The predicted molar refractivity (Wildman–Crippen MR) is 51.4 cm³/mol. The number of nitrogens with one attached hydrogen (secondary N) is 1. The van der Waals surface area contributed by atoms with Crippen molar-refractivity contribution in [2.75, 3.05) is 20.1 Å². The van der Waals surface area contributed by atoms with Crippen molar-refractivity contribution >= 4 is 5.91 Å². The van der Waals surface area contributed by atoms with Crippen LogP contribution in [0.3, 0.4) is 0 Å². The minimum absolute atomic E-state index is 0.339. The highest BCUT2D eigenvalue weighted by molar-refractivity contribution is 5.79. The van der Waals surface area contributed by atoms with E-state index in [9.17, 15) is 4.79 Å². The third kappa shape index (κ3) is 1.70. The van der Waals surface area contributed by atoms with Gasteiger partial charge in [-0.3, -0.25) is 4.79 Å². The van der Waals surface area contributed by atoms with Crippen LogP contribution in [0.4, 0.5) is 0 Å². The first-order chi connectivity index (χ1) is 6.29. The Morgan fingerprint density at radius 2 is 1.92 bits per heavy atom. The zero-order chi connectivity index (χ0) is 9.26. The number of carbonyl (C=O) groups excluding carboxylic acids is 1. The van der Waals surface area contributed by atoms with Gasteiger partial charge in [0.15, 0.2) is 0 Å². The Balaban J connectivity index is 1.87. The van der Waals surface area contributed by atoms with Crippen LogP contribution in [-0.2, 0) is 4.79 Å². The van der Waals surface area contributed by atoms with Crippen molar-refractivity contribution < 1.29 is 4.79 Å². The number of rotatable bonds is 2. The highest BCUT2D eigenvalue weighted by Gasteiger charge is 2.31. The van der Waals surface area contributed by atoms with Crippen molar-refractivity contribution in [3.05, 3.63) is 0 Å². The van der Waals surface area contributed by atoms with Crippen LogP contribution in [0.2, 0.25) is 0 Å². The largest absolute Gasteiger partial charge is 0.340 e. The zero-order valence-electron chi connectivity index (χ0n) is 8.25. The summed E-state index contributed by atoms with van der Waals surface area (Å²) in [7, 11) is 1.95. The summed E-state index contributed by atoms with van der Waals surface area (Å²) in [4.78, 5) is 13.8. The molecule has 1 N–H and O–H groups in total. The molecule has 1 saturated heterocycles. The SMILES string of the molecule is CN(C(=O)C1CCCC1)C1CNC1. The van der Waals surface area contributed by atoms with Gasteiger partial charge in [0.05, 0.1) is 6.04 Å². The van der Waals surface area contributed by atoms with Crippen LogP contribution in [0.15, 0.2) is 0 Å². The van der Waals surface area contributed by atoms with Gasteiger partial charge in [-0.25, -0.2) is 0 Å². The van der Waals surface area contributed by atoms with E-state index in [1.807, 2.05) is 11.9 Å². The Labute approximate surface area is 79.5 Å². The van der Waals surface area contributed by atoms with E-state index in [-0.39, 0.29) is 0 Å². The molecular formula is C10H18N2O. The van der Waals surface area contributed by atoms with Gasteiger partial charge < -0.3 is 10.2 Å². The molecule has 0 atom stereocenters. The molecule has 13 heavy (non-hydrogen) atoms. The number of hydrogen-bond acceptors (Lipinski definition) is 2. The lowest BCUT2D eigenvalue weighted by atomic mass is 10.0. The summed E-state index contributed by atoms with van der Waals surface area (Å²) >= 11 is 0. The summed E-state index contributed by atoms with van der Waals surface area (Å²) in [6.45, 7) is 1.96. The fourth-order valence-electron chi connectivity index (χ4n) is 2.19. The van der Waals surface area contributed by atoms with Crippen LogP contribution in [0.5, 0.6) is 0 Å². The first kappa shape index (κ1) is 9.00. The molecular weight excluding hydrogens is 164 g/mol. The second-order valence-corrected chi connectivity index (χ2v) is 4.24. The van der Waals surface area contributed by atoms with E-state index < -0.39 is 0 Å². The standard InChI is InChI=1S/C10H18N2O/c1-12(9-6-11-7-9)10(13)8-4-2-3-5-8/h8-9,11H,2-7H2,1H3. The van der Waals surface area contributed by atoms with E-state index in [0.717, 1.165) is 25.9 Å². The molecule has 74 valence electrons. The Hall–Kier alpha value is -0.570. The molecule has 0 unspecified atom stereocenters. The molecule has 0 radical (unpaired) electrons. The summed E-state index contributed by atoms with van der Waals surface area (Å²) < 4.78 is 0. The molecule has 1 amide bonds. The molecule has 1 aliphatic heterocycles. The normalized spacial score (nSPS) is 24.4. The first-order valence-corrected chi connectivity index (χ1v) is 5.26. The lowest BCUT2D eigenvalue weighted by molar-refractivity contribution is -0.137. The van der Waals surface area contributed by atoms with Crippen LogP contribution in [0, 0.1) is 5.92 Å². The number of hydrogen-bond donors (Lipinski definition) is 1. The van der Waals surface area contributed by atoms with Gasteiger partial charge in [-0.1, -0.05) is 12.8 Å². The second kappa shape index (κ2) is 3.66. The van der Waals surface area contributed by atoms with Crippen LogP contribution in [0.1, 0.15) is 25.7 Å². The third-order valence-corrected chi connectivity index (χ3v) is 3.36. The molecule has 2 fully saturated rings. The predicted octanol–water partition coefficient (Wildman–Crippen LogP) is 0.607. The minimum atomic E-state index is 0.339. The average molecular weight is 182 g/mol. The molecule has 0 spiro atoms. The smallest absolute Gasteiger partial charge is 0.225 e. The van der Waals surface area contributed by atoms with E-state index in [2.05, 4.69) is 5.32 Å². The van der Waals surface area contributed by atoms with E-state index in [1.165, 1.54) is 12.8 Å². The van der Waals surface area contributed by atoms with Gasteiger partial charge in [-0.2, -0.15) is 0 Å². The highest BCUT2D eigenvalue weighted by Crippen LogP contribution is 2.26. The van der Waals surface area contributed by atoms with Crippen LogP contribution < -0.4 is 5.32 Å². The molecule has 2 rings (SSSR count). The van der Waals surface area contributed by atoms with Gasteiger partial charge >= 0.3 is 0 Å². The molecule has 2 aliphatic rings. The second-order valence-electron chi connectivity index (χ2n) is 4.24. The van der Waals surface area contributed by atoms with E-state index >= 15 is 0 Å². The maximum Gasteiger partial charge on any atom is 0.225 e. The van der Waals surface area contributed by atoms with E-state index in [0.29, 0.717) is 17.9 Å². The maximum atomic E-state index is 11.9. The van der Waals surface area contributed by atoms with Crippen molar-refractivity contribution in [3.8, 4) is 0 Å². The summed E-state index contributed by atoms with van der Waals surface area (Å²) in [6.07, 6.45) is 4.72. The molecule has 1 heterocycles. The van der Waals surface area contributed by atoms with Crippen molar-refractivity contribution in [3.63, 3.8) is 0 Å². The van der Waals surface area contributed by atoms with Crippen molar-refractivity contribution in [2.24, 2.45) is 5.92 Å². The summed E-state index contributed by atoms with van der Waals surface area (Å²) in [5, 5.41) is 3.19. The molecule has 0 aromatic heterocycles. The topological polar surface area (TPSA) is 32.3 Å². The average Bonchev–Trinajstić information content (AvgIpc) is 2.51. The van der Waals surface area contributed by atoms with Gasteiger partial charge in [0.25, 0.3) is 0 Å². The molecule has 3 nitrogen and oxygen atoms in total. The van der Waals surface area contributed by atoms with Gasteiger partial charge in [-0.15, -0.1) is 0 Å². The van der Waals surface area contributed by atoms with Crippen molar-refractivity contribution in [1.82, 2.24) is 10.2 Å². The third-order valence-electron chi connectivity index (χ3n) is 3.36. The summed E-state index contributed by atoms with van der Waals surface area (Å²) in [5.74, 6) is 0.717. The highest BCUT2D eigenvalue weighted by atomic mass is 16.2. The molecule has 3 heteroatoms. The summed E-state index contributed by atoms with van der Waals surface area (Å²) in [5.41, 5.74) is 0. The van der Waals surface area contributed by atoms with Crippen molar-refractivity contribution in [1.29, 1.82) is 0 Å². The Morgan fingerprint density at radius 3 is 2.38 bits per heavy atom. The lowest BCUT2D eigenvalue weighted by Gasteiger charge is -2.36. The van der Waals surface area contributed by atoms with Gasteiger partial charge in [0.2, 0.25) is 5.91 Å². The fraction of sp³-hybridized carbons (Fsp3) is 0.900. The van der Waals surface area contributed by atoms with Gasteiger partial charge in [-0.05, 0) is 12.8 Å². The molecule has 1 saturated carbocycles. The number of nitrogens with zero attached hydrogens (tertiary/aromatic N) is 1. The molecule has 0 bridgehead atoms. The van der Waals surface area contributed by atoms with Gasteiger partial charge in [0.1, 0.15) is 0 Å². The molecule has 0 aromatic rings. The number of likely N-dealkylation sites (N-methyl/N-ethyl adjacent to an activating group) is 1. The fourth-order valence-corrected chi connectivity index (χ4v) is 2.19. The number of amides is 1. The van der Waals surface area contributed by atoms with Crippen LogP contribution in [-0.4, -0.2) is 37.0 Å². The molecule has 1 aliphatic carbocycles. The lowest BCUT2D eigenvalue weighted by Crippen LogP contribution is -2.58. The Morgan fingerprint density at radius 1 is 1.31 bits per heavy atom. The molecule has 0 aromatic carbocycles. The quantitative estimate of drug-likeness (QED) is 0.678. The van der Waals surface area contributed by atoms with Crippen LogP contribution >= 0.6 is 0 Å². The first-order valence-electron chi connectivity index (χ1n) is 5.26. The van der Waals surface area contributed by atoms with Crippen LogP contribution in [0.25, 0.3) is 0 Å².